The molecule has 0 unspecified atom stereocenters. The quantitative estimate of drug-likeness (QED) is 0.464. The zero-order chi connectivity index (χ0) is 14.1. The van der Waals surface area contributed by atoms with Gasteiger partial charge in [0.05, 0.1) is 13.7 Å². The van der Waals surface area contributed by atoms with Crippen molar-refractivity contribution in [3.05, 3.63) is 24.3 Å². The van der Waals surface area contributed by atoms with Crippen molar-refractivity contribution >= 4 is 12.3 Å². The summed E-state index contributed by atoms with van der Waals surface area (Å²) in [5, 5.41) is 0. The van der Waals surface area contributed by atoms with Gasteiger partial charge in [0.15, 0.2) is 0 Å². The largest absolute Gasteiger partial charge is 0.513 e. The van der Waals surface area contributed by atoms with E-state index in [1.54, 1.807) is 12.1 Å². The van der Waals surface area contributed by atoms with Crippen molar-refractivity contribution in [1.82, 2.24) is 0 Å². The van der Waals surface area contributed by atoms with E-state index in [9.17, 15) is 9.59 Å². The fourth-order valence-electron chi connectivity index (χ4n) is 1.16. The minimum absolute atomic E-state index is 0.214. The lowest BCUT2D eigenvalue weighted by Gasteiger charge is -2.07. The maximum absolute atomic E-state index is 11.3. The van der Waals surface area contributed by atoms with Crippen molar-refractivity contribution in [2.75, 3.05) is 13.7 Å². The van der Waals surface area contributed by atoms with Crippen molar-refractivity contribution in [2.24, 2.45) is 0 Å². The summed E-state index contributed by atoms with van der Waals surface area (Å²) < 4.78 is 18.9. The van der Waals surface area contributed by atoms with Gasteiger partial charge in [-0.05, 0) is 18.6 Å². The molecule has 0 atom stereocenters. The Hall–Kier alpha value is -2.24. The standard InChI is InChI=1S/C13H16O6/c1-3-4-8-17-13(15)19-11-7-5-6-10(9-11)18-12(14)16-2/h5-7,9H,3-4,8H2,1-2H3. The number of carbonyl (C=O) groups is 2. The smallest absolute Gasteiger partial charge is 0.437 e. The number of hydrogen-bond acceptors (Lipinski definition) is 6. The topological polar surface area (TPSA) is 71.1 Å². The molecule has 0 aliphatic rings. The van der Waals surface area contributed by atoms with Crippen molar-refractivity contribution in [3.8, 4) is 11.5 Å². The number of ether oxygens (including phenoxy) is 4. The van der Waals surface area contributed by atoms with E-state index < -0.39 is 12.3 Å². The Balaban J connectivity index is 2.52. The SMILES string of the molecule is CCCCOC(=O)Oc1cccc(OC(=O)OC)c1. The molecule has 0 saturated heterocycles. The summed E-state index contributed by atoms with van der Waals surface area (Å²) in [5.41, 5.74) is 0. The van der Waals surface area contributed by atoms with Crippen LogP contribution in [0.1, 0.15) is 19.8 Å². The van der Waals surface area contributed by atoms with E-state index in [4.69, 9.17) is 14.2 Å². The lowest BCUT2D eigenvalue weighted by atomic mass is 10.3. The normalized spacial score (nSPS) is 9.58. The third kappa shape index (κ3) is 5.76. The molecule has 0 radical (unpaired) electrons. The van der Waals surface area contributed by atoms with Crippen LogP contribution in [-0.2, 0) is 9.47 Å². The lowest BCUT2D eigenvalue weighted by Crippen LogP contribution is -2.12. The fraction of sp³-hybridized carbons (Fsp3) is 0.385. The summed E-state index contributed by atoms with van der Waals surface area (Å²) in [7, 11) is 1.20. The Morgan fingerprint density at radius 3 is 2.32 bits per heavy atom. The highest BCUT2D eigenvalue weighted by molar-refractivity contribution is 5.65. The van der Waals surface area contributed by atoms with Gasteiger partial charge in [0.2, 0.25) is 0 Å². The van der Waals surface area contributed by atoms with Gasteiger partial charge in [-0.2, -0.15) is 0 Å². The summed E-state index contributed by atoms with van der Waals surface area (Å²) in [6.45, 7) is 2.30. The number of methoxy groups -OCH3 is 1. The molecule has 0 aliphatic heterocycles. The molecule has 0 bridgehead atoms. The molecule has 0 heterocycles. The first-order chi connectivity index (χ1) is 9.15. The van der Waals surface area contributed by atoms with E-state index in [-0.39, 0.29) is 11.5 Å². The fourth-order valence-corrected chi connectivity index (χ4v) is 1.16. The van der Waals surface area contributed by atoms with Crippen molar-refractivity contribution in [2.45, 2.75) is 19.8 Å². The van der Waals surface area contributed by atoms with E-state index in [0.29, 0.717) is 6.61 Å². The van der Waals surface area contributed by atoms with Crippen molar-refractivity contribution in [3.63, 3.8) is 0 Å². The monoisotopic (exact) mass is 268 g/mol. The third-order valence-electron chi connectivity index (χ3n) is 2.09. The predicted molar refractivity (Wildman–Crippen MR) is 66.4 cm³/mol. The molecule has 0 spiro atoms. The van der Waals surface area contributed by atoms with Crippen LogP contribution in [0.15, 0.2) is 24.3 Å². The molecule has 0 amide bonds. The number of hydrogen-bond donors (Lipinski definition) is 0. The number of benzene rings is 1. The summed E-state index contributed by atoms with van der Waals surface area (Å²) in [6, 6.07) is 6.04. The van der Waals surface area contributed by atoms with E-state index in [0.717, 1.165) is 12.8 Å². The number of unbranched alkanes of at least 4 members (excludes halogenated alkanes) is 1. The van der Waals surface area contributed by atoms with E-state index in [1.807, 2.05) is 6.92 Å². The van der Waals surface area contributed by atoms with Gasteiger partial charge in [0.25, 0.3) is 0 Å². The minimum Gasteiger partial charge on any atom is -0.437 e. The van der Waals surface area contributed by atoms with Gasteiger partial charge >= 0.3 is 12.3 Å². The third-order valence-corrected chi connectivity index (χ3v) is 2.09. The average molecular weight is 268 g/mol. The van der Waals surface area contributed by atoms with Crippen LogP contribution in [0.4, 0.5) is 9.59 Å². The number of carbonyl (C=O) groups excluding carboxylic acids is 2. The second kappa shape index (κ2) is 7.97. The summed E-state index contributed by atoms with van der Waals surface area (Å²) in [4.78, 5) is 22.2. The molecular weight excluding hydrogens is 252 g/mol. The average Bonchev–Trinajstić information content (AvgIpc) is 2.39. The van der Waals surface area contributed by atoms with E-state index >= 15 is 0 Å². The zero-order valence-electron chi connectivity index (χ0n) is 10.9. The van der Waals surface area contributed by atoms with Gasteiger partial charge in [-0.1, -0.05) is 19.4 Å². The minimum atomic E-state index is -0.845. The first-order valence-corrected chi connectivity index (χ1v) is 5.86. The molecule has 19 heavy (non-hydrogen) atoms. The van der Waals surface area contributed by atoms with Crippen LogP contribution in [0.5, 0.6) is 11.5 Å². The molecule has 1 rings (SSSR count). The van der Waals surface area contributed by atoms with E-state index in [1.165, 1.54) is 19.2 Å². The van der Waals surface area contributed by atoms with E-state index in [2.05, 4.69) is 4.74 Å². The summed E-state index contributed by atoms with van der Waals surface area (Å²) >= 11 is 0. The lowest BCUT2D eigenvalue weighted by molar-refractivity contribution is 0.0977. The molecule has 1 aromatic rings. The Kier molecular flexibility index (Phi) is 6.21. The molecule has 1 aromatic carbocycles. The van der Waals surface area contributed by atoms with Crippen molar-refractivity contribution in [1.29, 1.82) is 0 Å². The molecule has 6 nitrogen and oxygen atoms in total. The molecular formula is C13H16O6. The highest BCUT2D eigenvalue weighted by atomic mass is 16.7. The molecule has 0 fully saturated rings. The first-order valence-electron chi connectivity index (χ1n) is 5.86. The van der Waals surface area contributed by atoms with Crippen molar-refractivity contribution < 1.29 is 28.5 Å². The molecule has 0 aliphatic carbocycles. The van der Waals surface area contributed by atoms with Crippen LogP contribution in [0.2, 0.25) is 0 Å². The highest BCUT2D eigenvalue weighted by Crippen LogP contribution is 2.20. The molecule has 0 N–H and O–H groups in total. The van der Waals surface area contributed by atoms with Gasteiger partial charge in [0, 0.05) is 6.07 Å². The summed E-state index contributed by atoms with van der Waals surface area (Å²) in [5.74, 6) is 0.439. The predicted octanol–water partition coefficient (Wildman–Crippen LogP) is 3.15. The van der Waals surface area contributed by atoms with Crippen LogP contribution < -0.4 is 9.47 Å². The Morgan fingerprint density at radius 2 is 1.74 bits per heavy atom. The van der Waals surface area contributed by atoms with Gasteiger partial charge in [-0.25, -0.2) is 9.59 Å². The molecule has 0 saturated carbocycles. The molecule has 104 valence electrons. The van der Waals surface area contributed by atoms with Gasteiger partial charge in [-0.15, -0.1) is 0 Å². The van der Waals surface area contributed by atoms with Gasteiger partial charge in [-0.3, -0.25) is 0 Å². The van der Waals surface area contributed by atoms with Gasteiger partial charge < -0.3 is 18.9 Å². The second-order valence-corrected chi connectivity index (χ2v) is 3.59. The number of rotatable bonds is 5. The first kappa shape index (κ1) is 14.8. The summed E-state index contributed by atoms with van der Waals surface area (Å²) in [6.07, 6.45) is 0.0717. The molecule has 0 aromatic heterocycles. The Labute approximate surface area is 111 Å². The van der Waals surface area contributed by atoms with Gasteiger partial charge in [0.1, 0.15) is 11.5 Å². The maximum Gasteiger partial charge on any atom is 0.513 e. The maximum atomic E-state index is 11.3. The Morgan fingerprint density at radius 1 is 1.11 bits per heavy atom. The van der Waals surface area contributed by atoms with Crippen LogP contribution >= 0.6 is 0 Å². The second-order valence-electron chi connectivity index (χ2n) is 3.59. The highest BCUT2D eigenvalue weighted by Gasteiger charge is 2.08. The zero-order valence-corrected chi connectivity index (χ0v) is 10.9. The Bertz CT molecular complexity index is 429. The molecule has 6 heteroatoms. The van der Waals surface area contributed by atoms with Crippen LogP contribution in [0, 0.1) is 0 Å². The van der Waals surface area contributed by atoms with Crippen LogP contribution in [-0.4, -0.2) is 26.0 Å². The van der Waals surface area contributed by atoms with Crippen LogP contribution in [0.25, 0.3) is 0 Å². The van der Waals surface area contributed by atoms with Crippen LogP contribution in [0.3, 0.4) is 0 Å².